The Morgan fingerprint density at radius 2 is 1.91 bits per heavy atom. The minimum atomic E-state index is -0.194. The predicted octanol–water partition coefficient (Wildman–Crippen LogP) is 4.83. The van der Waals surface area contributed by atoms with E-state index >= 15 is 0 Å². The molecule has 7 nitrogen and oxygen atoms in total. The Balaban J connectivity index is 1.50. The lowest BCUT2D eigenvalue weighted by Crippen LogP contribution is -2.30. The third-order valence-electron chi connectivity index (χ3n) is 5.77. The van der Waals surface area contributed by atoms with Crippen LogP contribution in [0.4, 0.5) is 5.69 Å². The first-order chi connectivity index (χ1) is 16.2. The van der Waals surface area contributed by atoms with Crippen molar-refractivity contribution in [3.8, 4) is 17.3 Å². The number of ether oxygens (including phenoxy) is 2. The number of nitrogens with zero attached hydrogens (tertiary/aromatic N) is 4. The number of pyridine rings is 2. The lowest BCUT2D eigenvalue weighted by atomic mass is 10.0. The molecule has 3 aromatic heterocycles. The van der Waals surface area contributed by atoms with Gasteiger partial charge in [-0.25, -0.2) is 4.98 Å². The number of hydrogen-bond acceptors (Lipinski definition) is 5. The van der Waals surface area contributed by atoms with Crippen LogP contribution in [0.3, 0.4) is 0 Å². The number of rotatable bonds is 4. The van der Waals surface area contributed by atoms with Gasteiger partial charge >= 0.3 is 0 Å². The normalized spacial score (nSPS) is 19.1. The van der Waals surface area contributed by atoms with E-state index in [1.807, 2.05) is 65.4 Å². The van der Waals surface area contributed by atoms with Gasteiger partial charge in [-0.1, -0.05) is 17.7 Å². The van der Waals surface area contributed by atoms with E-state index in [0.29, 0.717) is 15.9 Å². The van der Waals surface area contributed by atoms with Gasteiger partial charge in [-0.15, -0.1) is 0 Å². The van der Waals surface area contributed by atoms with Crippen LogP contribution >= 0.6 is 23.8 Å². The number of aromatic nitrogens is 3. The van der Waals surface area contributed by atoms with Crippen LogP contribution in [0, 0.1) is 0 Å². The number of hydrogen-bond donors (Lipinski definition) is 1. The Kier molecular flexibility index (Phi) is 4.89. The molecule has 0 aliphatic carbocycles. The SMILES string of the molecule is S=C1N[C@H](c2ccccn2)[C@@H](c2cccn2-c2ccc(Cl)cn2)N1c1ccc2c(c1)OCO2. The summed E-state index contributed by atoms with van der Waals surface area (Å²) in [5.74, 6) is 2.19. The highest BCUT2D eigenvalue weighted by Crippen LogP contribution is 2.44. The van der Waals surface area contributed by atoms with Gasteiger partial charge in [-0.2, -0.15) is 0 Å². The van der Waals surface area contributed by atoms with Crippen molar-refractivity contribution in [3.05, 3.63) is 95.7 Å². The quantitative estimate of drug-likeness (QED) is 0.424. The Morgan fingerprint density at radius 3 is 2.73 bits per heavy atom. The number of benzene rings is 1. The zero-order valence-corrected chi connectivity index (χ0v) is 18.8. The molecule has 164 valence electrons. The summed E-state index contributed by atoms with van der Waals surface area (Å²) in [5.41, 5.74) is 2.80. The molecule has 0 bridgehead atoms. The van der Waals surface area contributed by atoms with E-state index < -0.39 is 0 Å². The molecule has 0 amide bonds. The number of nitrogens with one attached hydrogen (secondary N) is 1. The van der Waals surface area contributed by atoms with Crippen molar-refractivity contribution in [1.29, 1.82) is 0 Å². The molecule has 2 aliphatic heterocycles. The van der Waals surface area contributed by atoms with Crippen molar-refractivity contribution < 1.29 is 9.47 Å². The van der Waals surface area contributed by atoms with Gasteiger partial charge in [0.15, 0.2) is 16.6 Å². The van der Waals surface area contributed by atoms with Crippen LogP contribution in [0.15, 0.2) is 79.3 Å². The summed E-state index contributed by atoms with van der Waals surface area (Å²) < 4.78 is 13.2. The first-order valence-corrected chi connectivity index (χ1v) is 11.2. The second kappa shape index (κ2) is 8.06. The summed E-state index contributed by atoms with van der Waals surface area (Å²) in [7, 11) is 0. The molecule has 2 aliphatic rings. The average molecular weight is 476 g/mol. The van der Waals surface area contributed by atoms with Crippen molar-refractivity contribution in [2.45, 2.75) is 12.1 Å². The predicted molar refractivity (Wildman–Crippen MR) is 129 cm³/mol. The number of anilines is 1. The average Bonchev–Trinajstić information content (AvgIpc) is 3.57. The van der Waals surface area contributed by atoms with E-state index in [0.717, 1.165) is 28.6 Å². The molecule has 9 heteroatoms. The summed E-state index contributed by atoms with van der Waals surface area (Å²) in [6, 6.07) is 19.2. The Labute approximate surface area is 200 Å². The molecular weight excluding hydrogens is 458 g/mol. The summed E-state index contributed by atoms with van der Waals surface area (Å²) in [4.78, 5) is 11.2. The molecular formula is C24H18ClN5O2S. The molecule has 1 aromatic carbocycles. The Hall–Kier alpha value is -3.62. The summed E-state index contributed by atoms with van der Waals surface area (Å²) in [5, 5.41) is 4.67. The van der Waals surface area contributed by atoms with Gasteiger partial charge in [0.1, 0.15) is 11.9 Å². The van der Waals surface area contributed by atoms with Gasteiger partial charge in [0, 0.05) is 36.0 Å². The third-order valence-corrected chi connectivity index (χ3v) is 6.31. The minimum absolute atomic E-state index is 0.176. The highest BCUT2D eigenvalue weighted by atomic mass is 35.5. The fourth-order valence-corrected chi connectivity index (χ4v) is 4.78. The van der Waals surface area contributed by atoms with Crippen LogP contribution in [-0.4, -0.2) is 26.4 Å². The molecule has 4 aromatic rings. The number of fused-ring (bicyclic) bond motifs is 1. The van der Waals surface area contributed by atoms with Crippen molar-refractivity contribution in [3.63, 3.8) is 0 Å². The summed E-state index contributed by atoms with van der Waals surface area (Å²) in [6.07, 6.45) is 5.42. The highest BCUT2D eigenvalue weighted by molar-refractivity contribution is 7.80. The van der Waals surface area contributed by atoms with E-state index in [4.69, 9.17) is 33.3 Å². The molecule has 5 heterocycles. The van der Waals surface area contributed by atoms with Gasteiger partial charge < -0.3 is 24.3 Å². The summed E-state index contributed by atoms with van der Waals surface area (Å²) >= 11 is 11.9. The fourth-order valence-electron chi connectivity index (χ4n) is 4.32. The van der Waals surface area contributed by atoms with E-state index in [2.05, 4.69) is 26.3 Å². The molecule has 0 spiro atoms. The highest BCUT2D eigenvalue weighted by Gasteiger charge is 2.42. The first-order valence-electron chi connectivity index (χ1n) is 10.4. The van der Waals surface area contributed by atoms with Gasteiger partial charge in [0.2, 0.25) is 6.79 Å². The molecule has 0 radical (unpaired) electrons. The first kappa shape index (κ1) is 20.0. The largest absolute Gasteiger partial charge is 0.454 e. The molecule has 6 rings (SSSR count). The van der Waals surface area contributed by atoms with Crippen LogP contribution < -0.4 is 19.7 Å². The minimum Gasteiger partial charge on any atom is -0.454 e. The molecule has 33 heavy (non-hydrogen) atoms. The lowest BCUT2D eigenvalue weighted by Gasteiger charge is -2.29. The van der Waals surface area contributed by atoms with E-state index in [9.17, 15) is 0 Å². The van der Waals surface area contributed by atoms with Crippen molar-refractivity contribution in [2.75, 3.05) is 11.7 Å². The maximum Gasteiger partial charge on any atom is 0.231 e. The number of thiocarbonyl (C=S) groups is 1. The molecule has 2 atom stereocenters. The molecule has 0 saturated carbocycles. The maximum absolute atomic E-state index is 6.07. The maximum atomic E-state index is 6.07. The Bertz CT molecular complexity index is 1330. The standard InChI is InChI=1S/C24H18ClN5O2S/c25-15-6-9-21(27-13-15)29-11-3-5-18(29)23-22(17-4-1-2-10-26-17)28-24(33)30(23)16-7-8-19-20(12-16)32-14-31-19/h1-13,22-23H,14H2,(H,28,33)/t22-,23-/m1/s1. The number of halogens is 1. The second-order valence-electron chi connectivity index (χ2n) is 7.67. The topological polar surface area (TPSA) is 64.4 Å². The van der Waals surface area contributed by atoms with Crippen LogP contribution in [0.5, 0.6) is 11.5 Å². The van der Waals surface area contributed by atoms with Crippen molar-refractivity contribution >= 4 is 34.6 Å². The van der Waals surface area contributed by atoms with Gasteiger partial charge in [0.25, 0.3) is 0 Å². The Morgan fingerprint density at radius 1 is 1.00 bits per heavy atom. The monoisotopic (exact) mass is 475 g/mol. The van der Waals surface area contributed by atoms with Crippen LogP contribution in [0.1, 0.15) is 23.5 Å². The third kappa shape index (κ3) is 3.48. The van der Waals surface area contributed by atoms with E-state index in [1.165, 1.54) is 0 Å². The van der Waals surface area contributed by atoms with Crippen LogP contribution in [-0.2, 0) is 0 Å². The van der Waals surface area contributed by atoms with Gasteiger partial charge in [0.05, 0.1) is 16.8 Å². The van der Waals surface area contributed by atoms with E-state index in [-0.39, 0.29) is 18.9 Å². The van der Waals surface area contributed by atoms with E-state index in [1.54, 1.807) is 12.4 Å². The van der Waals surface area contributed by atoms with Gasteiger partial charge in [-0.3, -0.25) is 4.98 Å². The molecule has 0 unspecified atom stereocenters. The molecule has 1 fully saturated rings. The molecule has 1 N–H and O–H groups in total. The lowest BCUT2D eigenvalue weighted by molar-refractivity contribution is 0.174. The molecule has 1 saturated heterocycles. The smallest absolute Gasteiger partial charge is 0.231 e. The zero-order chi connectivity index (χ0) is 22.4. The zero-order valence-electron chi connectivity index (χ0n) is 17.3. The second-order valence-corrected chi connectivity index (χ2v) is 8.49. The summed E-state index contributed by atoms with van der Waals surface area (Å²) in [6.45, 7) is 0.215. The fraction of sp³-hybridized carbons (Fsp3) is 0.125. The van der Waals surface area contributed by atoms with Gasteiger partial charge in [-0.05, 0) is 60.7 Å². The van der Waals surface area contributed by atoms with Crippen molar-refractivity contribution in [1.82, 2.24) is 19.9 Å². The van der Waals surface area contributed by atoms with Crippen LogP contribution in [0.2, 0.25) is 5.02 Å². The van der Waals surface area contributed by atoms with Crippen LogP contribution in [0.25, 0.3) is 5.82 Å². The van der Waals surface area contributed by atoms with Crippen molar-refractivity contribution in [2.24, 2.45) is 0 Å².